The molecule has 0 bridgehead atoms. The second kappa shape index (κ2) is 5.67. The number of benzene rings is 1. The number of halogens is 2. The normalized spacial score (nSPS) is 10.2. The zero-order valence-corrected chi connectivity index (χ0v) is 10.5. The molecule has 1 heterocycles. The molecule has 4 nitrogen and oxygen atoms in total. The lowest BCUT2D eigenvalue weighted by Gasteiger charge is -2.08. The molecular formula is C13H10ClFN2O2. The molecule has 0 unspecified atom stereocenters. The van der Waals surface area contributed by atoms with E-state index in [1.54, 1.807) is 6.07 Å². The summed E-state index contributed by atoms with van der Waals surface area (Å²) in [4.78, 5) is 14.6. The van der Waals surface area contributed by atoms with Gasteiger partial charge in [-0.2, -0.15) is 0 Å². The Labute approximate surface area is 113 Å². The van der Waals surface area contributed by atoms with E-state index in [0.29, 0.717) is 22.9 Å². The Morgan fingerprint density at radius 1 is 1.37 bits per heavy atom. The summed E-state index contributed by atoms with van der Waals surface area (Å²) < 4.78 is 13.0. The van der Waals surface area contributed by atoms with Crippen molar-refractivity contribution in [3.63, 3.8) is 0 Å². The molecule has 0 aliphatic carbocycles. The molecule has 2 rings (SSSR count). The van der Waals surface area contributed by atoms with Gasteiger partial charge in [-0.3, -0.25) is 4.98 Å². The molecule has 19 heavy (non-hydrogen) atoms. The molecule has 0 fully saturated rings. The van der Waals surface area contributed by atoms with Gasteiger partial charge in [-0.05, 0) is 30.3 Å². The molecule has 0 radical (unpaired) electrons. The first-order chi connectivity index (χ1) is 9.06. The van der Waals surface area contributed by atoms with Crippen LogP contribution in [0.2, 0.25) is 5.02 Å². The number of nitrogens with zero attached hydrogens (tertiary/aromatic N) is 1. The number of anilines is 1. The lowest BCUT2D eigenvalue weighted by molar-refractivity contribution is 0.0696. The van der Waals surface area contributed by atoms with E-state index in [1.807, 2.05) is 0 Å². The summed E-state index contributed by atoms with van der Waals surface area (Å²) in [7, 11) is 0. The fraction of sp³-hybridized carbons (Fsp3) is 0.0769. The number of carbonyl (C=O) groups is 1. The topological polar surface area (TPSA) is 62.2 Å². The van der Waals surface area contributed by atoms with Crippen LogP contribution in [0.5, 0.6) is 0 Å². The quantitative estimate of drug-likeness (QED) is 0.903. The highest BCUT2D eigenvalue weighted by Crippen LogP contribution is 2.22. The number of rotatable bonds is 4. The van der Waals surface area contributed by atoms with Gasteiger partial charge in [0, 0.05) is 6.20 Å². The lowest BCUT2D eigenvalue weighted by Crippen LogP contribution is -2.04. The van der Waals surface area contributed by atoms with Crippen LogP contribution >= 0.6 is 11.6 Å². The minimum atomic E-state index is -1.03. The minimum absolute atomic E-state index is 0.118. The summed E-state index contributed by atoms with van der Waals surface area (Å²) in [5, 5.41) is 12.1. The van der Waals surface area contributed by atoms with Crippen LogP contribution in [-0.4, -0.2) is 16.1 Å². The monoisotopic (exact) mass is 280 g/mol. The number of carboxylic acid groups (broad SMARTS) is 1. The average Bonchev–Trinajstić information content (AvgIpc) is 2.40. The van der Waals surface area contributed by atoms with Gasteiger partial charge in [-0.25, -0.2) is 9.18 Å². The van der Waals surface area contributed by atoms with Gasteiger partial charge >= 0.3 is 5.97 Å². The molecule has 0 amide bonds. The zero-order chi connectivity index (χ0) is 13.8. The van der Waals surface area contributed by atoms with Crippen molar-refractivity contribution >= 4 is 23.3 Å². The Balaban J connectivity index is 2.06. The molecule has 98 valence electrons. The van der Waals surface area contributed by atoms with E-state index in [1.165, 1.54) is 30.5 Å². The predicted molar refractivity (Wildman–Crippen MR) is 69.9 cm³/mol. The fourth-order valence-corrected chi connectivity index (χ4v) is 1.66. The van der Waals surface area contributed by atoms with Gasteiger partial charge in [0.05, 0.1) is 28.5 Å². The van der Waals surface area contributed by atoms with Crippen molar-refractivity contribution in [2.45, 2.75) is 6.54 Å². The molecule has 0 spiro atoms. The Morgan fingerprint density at radius 2 is 2.16 bits per heavy atom. The summed E-state index contributed by atoms with van der Waals surface area (Å²) in [6.45, 7) is 0.322. The van der Waals surface area contributed by atoms with Crippen LogP contribution in [0.1, 0.15) is 16.1 Å². The van der Waals surface area contributed by atoms with Crippen LogP contribution in [0.15, 0.2) is 36.5 Å². The van der Waals surface area contributed by atoms with Gasteiger partial charge in [0.2, 0.25) is 0 Å². The van der Waals surface area contributed by atoms with Crippen LogP contribution in [-0.2, 0) is 6.54 Å². The van der Waals surface area contributed by atoms with Crippen molar-refractivity contribution in [1.82, 2.24) is 4.98 Å². The summed E-state index contributed by atoms with van der Waals surface area (Å²) in [5.74, 6) is -1.42. The van der Waals surface area contributed by atoms with E-state index in [2.05, 4.69) is 10.3 Å². The van der Waals surface area contributed by atoms with Gasteiger partial charge in [-0.1, -0.05) is 11.6 Å². The number of carboxylic acids is 1. The van der Waals surface area contributed by atoms with Gasteiger partial charge in [0.15, 0.2) is 0 Å². The van der Waals surface area contributed by atoms with E-state index in [-0.39, 0.29) is 11.4 Å². The summed E-state index contributed by atoms with van der Waals surface area (Å²) in [6.07, 6.45) is 1.27. The number of hydrogen-bond donors (Lipinski definition) is 2. The number of aromatic carboxylic acids is 1. The van der Waals surface area contributed by atoms with Crippen molar-refractivity contribution in [2.24, 2.45) is 0 Å². The maximum Gasteiger partial charge on any atom is 0.337 e. The van der Waals surface area contributed by atoms with Gasteiger partial charge in [0.1, 0.15) is 5.82 Å². The van der Waals surface area contributed by atoms with E-state index < -0.39 is 5.97 Å². The molecule has 2 aromatic rings. The highest BCUT2D eigenvalue weighted by Gasteiger charge is 2.05. The second-order valence-electron chi connectivity index (χ2n) is 3.82. The van der Waals surface area contributed by atoms with Crippen molar-refractivity contribution in [3.05, 3.63) is 58.6 Å². The molecule has 0 atom stereocenters. The maximum absolute atomic E-state index is 13.0. The molecule has 0 aliphatic rings. The maximum atomic E-state index is 13.0. The number of nitrogens with one attached hydrogen (secondary N) is 1. The van der Waals surface area contributed by atoms with Crippen LogP contribution in [0.4, 0.5) is 10.1 Å². The molecule has 2 N–H and O–H groups in total. The Bertz CT molecular complexity index is 602. The zero-order valence-electron chi connectivity index (χ0n) is 9.73. The predicted octanol–water partition coefficient (Wildman–Crippen LogP) is 3.18. The van der Waals surface area contributed by atoms with Crippen LogP contribution in [0.3, 0.4) is 0 Å². The van der Waals surface area contributed by atoms with E-state index >= 15 is 0 Å². The Kier molecular flexibility index (Phi) is 3.97. The molecule has 0 saturated carbocycles. The summed E-state index contributed by atoms with van der Waals surface area (Å²) in [6, 6.07) is 7.06. The smallest absolute Gasteiger partial charge is 0.337 e. The van der Waals surface area contributed by atoms with Crippen molar-refractivity contribution in [1.29, 1.82) is 0 Å². The standard InChI is InChI=1S/C13H10ClFN2O2/c14-11-4-2-9(15)5-12(11)17-7-10-3-1-8(6-16-10)13(18)19/h1-6,17H,7H2,(H,18,19). The molecule has 0 aliphatic heterocycles. The van der Waals surface area contributed by atoms with E-state index in [0.717, 1.165) is 0 Å². The lowest BCUT2D eigenvalue weighted by atomic mass is 10.2. The molecule has 0 saturated heterocycles. The summed E-state index contributed by atoms with van der Waals surface area (Å²) in [5.41, 5.74) is 1.21. The van der Waals surface area contributed by atoms with E-state index in [9.17, 15) is 9.18 Å². The highest BCUT2D eigenvalue weighted by atomic mass is 35.5. The molecule has 1 aromatic carbocycles. The van der Waals surface area contributed by atoms with Crippen molar-refractivity contribution < 1.29 is 14.3 Å². The van der Waals surface area contributed by atoms with Gasteiger partial charge in [-0.15, -0.1) is 0 Å². The second-order valence-corrected chi connectivity index (χ2v) is 4.23. The van der Waals surface area contributed by atoms with Gasteiger partial charge < -0.3 is 10.4 Å². The first kappa shape index (κ1) is 13.3. The van der Waals surface area contributed by atoms with Crippen molar-refractivity contribution in [2.75, 3.05) is 5.32 Å². The number of hydrogen-bond acceptors (Lipinski definition) is 3. The Morgan fingerprint density at radius 3 is 2.79 bits per heavy atom. The largest absolute Gasteiger partial charge is 0.478 e. The first-order valence-corrected chi connectivity index (χ1v) is 5.81. The molecular weight excluding hydrogens is 271 g/mol. The van der Waals surface area contributed by atoms with Crippen LogP contribution < -0.4 is 5.32 Å². The third-order valence-corrected chi connectivity index (χ3v) is 2.79. The van der Waals surface area contributed by atoms with Crippen LogP contribution in [0.25, 0.3) is 0 Å². The average molecular weight is 281 g/mol. The number of aromatic nitrogens is 1. The molecule has 6 heteroatoms. The third kappa shape index (κ3) is 3.42. The fourth-order valence-electron chi connectivity index (χ4n) is 1.47. The van der Waals surface area contributed by atoms with Crippen LogP contribution in [0, 0.1) is 5.82 Å². The highest BCUT2D eigenvalue weighted by molar-refractivity contribution is 6.33. The SMILES string of the molecule is O=C(O)c1ccc(CNc2cc(F)ccc2Cl)nc1. The minimum Gasteiger partial charge on any atom is -0.478 e. The summed E-state index contributed by atoms with van der Waals surface area (Å²) >= 11 is 5.90. The van der Waals surface area contributed by atoms with Gasteiger partial charge in [0.25, 0.3) is 0 Å². The van der Waals surface area contributed by atoms with E-state index in [4.69, 9.17) is 16.7 Å². The molecule has 1 aromatic heterocycles. The number of pyridine rings is 1. The first-order valence-electron chi connectivity index (χ1n) is 5.43. The third-order valence-electron chi connectivity index (χ3n) is 2.46. The van der Waals surface area contributed by atoms with Crippen molar-refractivity contribution in [3.8, 4) is 0 Å². The Hall–Kier alpha value is -2.14.